The molecule has 0 N–H and O–H groups in total. The molecule has 3 rings (SSSR count). The van der Waals surface area contributed by atoms with Crippen LogP contribution in [0.15, 0.2) is 23.1 Å². The Morgan fingerprint density at radius 3 is 2.48 bits per heavy atom. The van der Waals surface area contributed by atoms with Gasteiger partial charge in [0.15, 0.2) is 0 Å². The predicted octanol–water partition coefficient (Wildman–Crippen LogP) is 2.55. The van der Waals surface area contributed by atoms with Crippen molar-refractivity contribution < 1.29 is 17.6 Å². The summed E-state index contributed by atoms with van der Waals surface area (Å²) in [7, 11) is -3.80. The fourth-order valence-corrected chi connectivity index (χ4v) is 5.36. The van der Waals surface area contributed by atoms with Crippen LogP contribution in [0.4, 0.5) is 4.39 Å². The van der Waals surface area contributed by atoms with Gasteiger partial charge in [-0.1, -0.05) is 6.92 Å². The largest absolute Gasteiger partial charge is 0.341 e. The van der Waals surface area contributed by atoms with E-state index in [0.717, 1.165) is 12.8 Å². The minimum Gasteiger partial charge on any atom is -0.341 e. The van der Waals surface area contributed by atoms with Crippen LogP contribution < -0.4 is 0 Å². The molecule has 0 unspecified atom stereocenters. The summed E-state index contributed by atoms with van der Waals surface area (Å²) in [5.41, 5.74) is 0.285. The van der Waals surface area contributed by atoms with Gasteiger partial charge in [-0.2, -0.15) is 4.31 Å². The summed E-state index contributed by atoms with van der Waals surface area (Å²) in [5, 5.41) is 0. The molecule has 2 aliphatic rings. The lowest BCUT2D eigenvalue weighted by molar-refractivity contribution is -0.135. The molecule has 7 heteroatoms. The molecule has 0 aliphatic carbocycles. The van der Waals surface area contributed by atoms with Crippen molar-refractivity contribution in [1.82, 2.24) is 9.21 Å². The van der Waals surface area contributed by atoms with E-state index in [1.54, 1.807) is 4.90 Å². The monoisotopic (exact) mass is 368 g/mol. The normalized spacial score (nSPS) is 23.2. The number of halogens is 1. The van der Waals surface area contributed by atoms with Crippen molar-refractivity contribution in [1.29, 1.82) is 0 Å². The number of benzene rings is 1. The van der Waals surface area contributed by atoms with Gasteiger partial charge in [-0.3, -0.25) is 4.79 Å². The molecule has 0 radical (unpaired) electrons. The maximum Gasteiger partial charge on any atom is 0.243 e. The Bertz CT molecular complexity index is 758. The van der Waals surface area contributed by atoms with Crippen molar-refractivity contribution in [2.45, 2.75) is 50.5 Å². The van der Waals surface area contributed by atoms with E-state index < -0.39 is 21.9 Å². The Labute approximate surface area is 148 Å². The minimum atomic E-state index is -3.80. The number of likely N-dealkylation sites (tertiary alicyclic amines) is 1. The molecule has 2 aliphatic heterocycles. The molecule has 0 bridgehead atoms. The molecule has 1 aromatic carbocycles. The molecule has 2 saturated heterocycles. The number of sulfonamides is 1. The van der Waals surface area contributed by atoms with Crippen molar-refractivity contribution in [2.24, 2.45) is 5.92 Å². The smallest absolute Gasteiger partial charge is 0.243 e. The highest BCUT2D eigenvalue weighted by Crippen LogP contribution is 2.29. The second kappa shape index (κ2) is 7.03. The second-order valence-corrected chi connectivity index (χ2v) is 9.08. The predicted molar refractivity (Wildman–Crippen MR) is 93.0 cm³/mol. The Balaban J connectivity index is 1.82. The number of aryl methyl sites for hydroxylation is 1. The first-order valence-electron chi connectivity index (χ1n) is 8.87. The van der Waals surface area contributed by atoms with Crippen LogP contribution >= 0.6 is 0 Å². The van der Waals surface area contributed by atoms with E-state index >= 15 is 0 Å². The average molecular weight is 368 g/mol. The van der Waals surface area contributed by atoms with Gasteiger partial charge in [0.25, 0.3) is 0 Å². The first-order chi connectivity index (χ1) is 11.8. The summed E-state index contributed by atoms with van der Waals surface area (Å²) in [6.45, 7) is 5.43. The molecule has 138 valence electrons. The maximum atomic E-state index is 13.5. The standard InChI is InChI=1S/C18H25FN2O3S/c1-13-7-10-20(11-8-13)18(22)17-4-3-9-21(17)25(23,24)15-5-6-16(19)14(2)12-15/h5-6,12-13,17H,3-4,7-11H2,1-2H3/t17-/m1/s1. The topological polar surface area (TPSA) is 57.7 Å². The molecule has 5 nitrogen and oxygen atoms in total. The number of hydrogen-bond donors (Lipinski definition) is 0. The van der Waals surface area contributed by atoms with Crippen molar-refractivity contribution in [3.05, 3.63) is 29.6 Å². The highest BCUT2D eigenvalue weighted by atomic mass is 32.2. The van der Waals surface area contributed by atoms with Gasteiger partial charge in [-0.05, 0) is 62.3 Å². The lowest BCUT2D eigenvalue weighted by Gasteiger charge is -2.34. The van der Waals surface area contributed by atoms with Gasteiger partial charge >= 0.3 is 0 Å². The van der Waals surface area contributed by atoms with E-state index in [1.165, 1.54) is 29.4 Å². The number of hydrogen-bond acceptors (Lipinski definition) is 3. The molecule has 25 heavy (non-hydrogen) atoms. The third-order valence-electron chi connectivity index (χ3n) is 5.32. The van der Waals surface area contributed by atoms with Crippen LogP contribution in [0.25, 0.3) is 0 Å². The van der Waals surface area contributed by atoms with E-state index in [0.29, 0.717) is 38.4 Å². The molecule has 2 heterocycles. The Kier molecular flexibility index (Phi) is 5.16. The highest BCUT2D eigenvalue weighted by molar-refractivity contribution is 7.89. The van der Waals surface area contributed by atoms with Gasteiger partial charge in [-0.25, -0.2) is 12.8 Å². The van der Waals surface area contributed by atoms with Crippen LogP contribution in [0, 0.1) is 18.7 Å². The van der Waals surface area contributed by atoms with E-state index in [2.05, 4.69) is 6.92 Å². The van der Waals surface area contributed by atoms with E-state index in [9.17, 15) is 17.6 Å². The van der Waals surface area contributed by atoms with E-state index in [1.807, 2.05) is 0 Å². The summed E-state index contributed by atoms with van der Waals surface area (Å²) in [4.78, 5) is 14.7. The highest BCUT2D eigenvalue weighted by Gasteiger charge is 2.41. The third kappa shape index (κ3) is 3.58. The Morgan fingerprint density at radius 1 is 1.16 bits per heavy atom. The molecule has 1 aromatic rings. The summed E-state index contributed by atoms with van der Waals surface area (Å²) in [6.07, 6.45) is 3.13. The fourth-order valence-electron chi connectivity index (χ4n) is 3.63. The lowest BCUT2D eigenvalue weighted by Crippen LogP contribution is -2.49. The van der Waals surface area contributed by atoms with Gasteiger partial charge in [0, 0.05) is 19.6 Å². The first kappa shape index (κ1) is 18.3. The molecule has 0 aromatic heterocycles. The van der Waals surface area contributed by atoms with Gasteiger partial charge < -0.3 is 4.90 Å². The zero-order valence-corrected chi connectivity index (χ0v) is 15.6. The zero-order chi connectivity index (χ0) is 18.2. The summed E-state index contributed by atoms with van der Waals surface area (Å²) in [6, 6.07) is 3.15. The number of amides is 1. The molecule has 1 amide bonds. The summed E-state index contributed by atoms with van der Waals surface area (Å²) in [5.74, 6) is 0.0805. The van der Waals surface area contributed by atoms with Crippen LogP contribution in [-0.4, -0.2) is 49.2 Å². The maximum absolute atomic E-state index is 13.5. The number of nitrogens with zero attached hydrogens (tertiary/aromatic N) is 2. The van der Waals surface area contributed by atoms with Gasteiger partial charge in [0.2, 0.25) is 15.9 Å². The van der Waals surface area contributed by atoms with E-state index in [-0.39, 0.29) is 16.4 Å². The molecular weight excluding hydrogens is 343 g/mol. The van der Waals surface area contributed by atoms with Crippen LogP contribution in [-0.2, 0) is 14.8 Å². The SMILES string of the molecule is Cc1cc(S(=O)(=O)N2CCC[C@@H]2C(=O)N2CCC(C)CC2)ccc1F. The second-order valence-electron chi connectivity index (χ2n) is 7.19. The number of carbonyl (C=O) groups excluding carboxylic acids is 1. The van der Waals surface area contributed by atoms with Crippen LogP contribution in [0.5, 0.6) is 0 Å². The van der Waals surface area contributed by atoms with E-state index in [4.69, 9.17) is 0 Å². The molecule has 0 saturated carbocycles. The third-order valence-corrected chi connectivity index (χ3v) is 7.22. The van der Waals surface area contributed by atoms with Crippen LogP contribution in [0.1, 0.15) is 38.2 Å². The number of piperidine rings is 1. The van der Waals surface area contributed by atoms with Gasteiger partial charge in [-0.15, -0.1) is 0 Å². The average Bonchev–Trinajstić information content (AvgIpc) is 3.08. The zero-order valence-electron chi connectivity index (χ0n) is 14.7. The first-order valence-corrected chi connectivity index (χ1v) is 10.3. The van der Waals surface area contributed by atoms with Gasteiger partial charge in [0.1, 0.15) is 11.9 Å². The number of carbonyl (C=O) groups is 1. The van der Waals surface area contributed by atoms with Crippen LogP contribution in [0.3, 0.4) is 0 Å². The summed E-state index contributed by atoms with van der Waals surface area (Å²) < 4.78 is 40.7. The fraction of sp³-hybridized carbons (Fsp3) is 0.611. The molecule has 2 fully saturated rings. The molecule has 1 atom stereocenters. The Hall–Kier alpha value is -1.47. The molecule has 0 spiro atoms. The quantitative estimate of drug-likeness (QED) is 0.824. The van der Waals surface area contributed by atoms with Crippen molar-refractivity contribution in [3.63, 3.8) is 0 Å². The van der Waals surface area contributed by atoms with Gasteiger partial charge in [0.05, 0.1) is 4.90 Å². The van der Waals surface area contributed by atoms with Crippen molar-refractivity contribution in [2.75, 3.05) is 19.6 Å². The summed E-state index contributed by atoms with van der Waals surface area (Å²) >= 11 is 0. The number of rotatable bonds is 3. The molecular formula is C18H25FN2O3S. The Morgan fingerprint density at radius 2 is 1.84 bits per heavy atom. The van der Waals surface area contributed by atoms with Crippen LogP contribution in [0.2, 0.25) is 0 Å². The van der Waals surface area contributed by atoms with Crippen molar-refractivity contribution >= 4 is 15.9 Å². The lowest BCUT2D eigenvalue weighted by atomic mass is 9.98. The minimum absolute atomic E-state index is 0.0540. The van der Waals surface area contributed by atoms with Crippen molar-refractivity contribution in [3.8, 4) is 0 Å².